The summed E-state index contributed by atoms with van der Waals surface area (Å²) in [6.07, 6.45) is 0. The molecule has 0 aromatic heterocycles. The van der Waals surface area contributed by atoms with Crippen molar-refractivity contribution in [1.82, 2.24) is 0 Å². The minimum Gasteiger partial charge on any atom is -0.479 e. The molecule has 11 heavy (non-hydrogen) atoms. The van der Waals surface area contributed by atoms with Crippen molar-refractivity contribution in [3.05, 3.63) is 35.4 Å². The zero-order chi connectivity index (χ0) is 7.56. The van der Waals surface area contributed by atoms with Gasteiger partial charge in [-0.3, -0.25) is 0 Å². The summed E-state index contributed by atoms with van der Waals surface area (Å²) in [5, 5.41) is 8.50. The molecule has 0 aliphatic rings. The van der Waals surface area contributed by atoms with E-state index in [1.54, 1.807) is 12.1 Å². The maximum atomic E-state index is 10.3. The third-order valence-electron chi connectivity index (χ3n) is 1.19. The van der Waals surface area contributed by atoms with E-state index in [1.165, 1.54) is 6.07 Å². The molecule has 1 N–H and O–H groups in total. The maximum Gasteiger partial charge on any atom is 0.311 e. The van der Waals surface area contributed by atoms with E-state index in [-0.39, 0.29) is 0 Å². The van der Waals surface area contributed by atoms with Crippen LogP contribution in [0.25, 0.3) is 0 Å². The normalized spacial score (nSPS) is 8.45. The van der Waals surface area contributed by atoms with Gasteiger partial charge in [0.05, 0.1) is 0 Å². The van der Waals surface area contributed by atoms with Gasteiger partial charge in [0.1, 0.15) is 0 Å². The molecule has 0 spiro atoms. The number of rotatable bonds is 1. The van der Waals surface area contributed by atoms with Crippen LogP contribution in [0.1, 0.15) is 15.9 Å². The fourth-order valence-corrected chi connectivity index (χ4v) is 0.719. The molecule has 0 amide bonds. The predicted octanol–water partition coefficient (Wildman–Crippen LogP) is 1.49. The molecule has 1 aromatic carbocycles. The van der Waals surface area contributed by atoms with Crippen molar-refractivity contribution in [3.8, 4) is 0 Å². The van der Waals surface area contributed by atoms with Crippen LogP contribution < -0.4 is 0 Å². The topological polar surface area (TPSA) is 37.3 Å². The Bertz CT molecular complexity index is 258. The van der Waals surface area contributed by atoms with Crippen LogP contribution in [0.4, 0.5) is 0 Å². The number of aryl methyl sites for hydroxylation is 1. The third kappa shape index (κ3) is 1.82. The molecule has 1 rings (SSSR count). The Balaban J connectivity index is 0.000001000. The smallest absolute Gasteiger partial charge is 0.311 e. The minimum atomic E-state index is -0.892. The molecule has 0 radical (unpaired) electrons. The Morgan fingerprint density at radius 1 is 1.64 bits per heavy atom. The van der Waals surface area contributed by atoms with Crippen LogP contribution in [0.15, 0.2) is 18.2 Å². The van der Waals surface area contributed by atoms with Gasteiger partial charge in [0.2, 0.25) is 0 Å². The van der Waals surface area contributed by atoms with Crippen LogP contribution in [0, 0.1) is 13.0 Å². The summed E-state index contributed by atoms with van der Waals surface area (Å²) in [6.45, 7) is 1.81. The number of hydrogen-bond donors (Lipinski definition) is 1. The van der Waals surface area contributed by atoms with Crippen LogP contribution in [0.5, 0.6) is 0 Å². The first kappa shape index (κ1) is 8.69. The molecule has 0 aliphatic heterocycles. The van der Waals surface area contributed by atoms with E-state index in [0.29, 0.717) is 5.56 Å². The van der Waals surface area contributed by atoms with Crippen molar-refractivity contribution in [2.75, 3.05) is 0 Å². The minimum absolute atomic E-state index is 0. The Labute approximate surface area is 59.1 Å². The molecule has 1 aromatic rings. The molecule has 0 fully saturated rings. The summed E-state index contributed by atoms with van der Waals surface area (Å²) in [5.41, 5.74) is 1.16. The van der Waals surface area contributed by atoms with Crippen LogP contribution in [-0.2, 0) is 0 Å². The Kier molecular flexibility index (Phi) is 2.38. The van der Waals surface area contributed by atoms with Gasteiger partial charge in [0.25, 0.3) is 0 Å². The molecule has 54 valence electrons. The van der Waals surface area contributed by atoms with Crippen molar-refractivity contribution < 1.29 is 9.90 Å². The molecule has 0 atom stereocenters. The first-order valence-corrected chi connectivity index (χ1v) is 2.92. The third-order valence-corrected chi connectivity index (χ3v) is 1.19. The van der Waals surface area contributed by atoms with E-state index < -0.39 is 5.97 Å². The van der Waals surface area contributed by atoms with Crippen molar-refractivity contribution in [2.45, 2.75) is 6.92 Å². The summed E-state index contributed by atoms with van der Waals surface area (Å²) in [6, 6.07) is 7.58. The van der Waals surface area contributed by atoms with Crippen molar-refractivity contribution >= 4 is 5.97 Å². The van der Waals surface area contributed by atoms with Gasteiger partial charge in [-0.2, -0.15) is 29.8 Å². The van der Waals surface area contributed by atoms with E-state index in [1.807, 2.05) is 6.92 Å². The van der Waals surface area contributed by atoms with Crippen LogP contribution in [0.3, 0.4) is 0 Å². The zero-order valence-electron chi connectivity index (χ0n) is 6.29. The van der Waals surface area contributed by atoms with Crippen LogP contribution in [0.2, 0.25) is 0 Å². The number of carboxylic acids is 1. The van der Waals surface area contributed by atoms with Crippen LogP contribution in [-0.4, -0.2) is 11.1 Å². The largest absolute Gasteiger partial charge is 0.479 e. The number of aromatic carboxylic acids is 1. The number of hydrogen-bond acceptors (Lipinski definition) is 1. The van der Waals surface area contributed by atoms with Crippen molar-refractivity contribution in [3.63, 3.8) is 0 Å². The SMILES string of the molecule is Cc1[c-]ccc(C(=O)O)c1.[Rf]. The number of benzene rings is 1. The fraction of sp³-hybridized carbons (Fsp3) is 0.125. The van der Waals surface area contributed by atoms with Gasteiger partial charge in [-0.05, 0) is 5.56 Å². The first-order chi connectivity index (χ1) is 4.70. The summed E-state index contributed by atoms with van der Waals surface area (Å²) in [4.78, 5) is 10.3. The summed E-state index contributed by atoms with van der Waals surface area (Å²) >= 11 is 0. The van der Waals surface area contributed by atoms with Gasteiger partial charge in [-0.15, -0.1) is 0 Å². The molecule has 0 saturated heterocycles. The van der Waals surface area contributed by atoms with Gasteiger partial charge >= 0.3 is 5.97 Å². The average molecular weight is 402 g/mol. The zero-order valence-corrected chi connectivity index (χ0v) is 12.7. The average Bonchev–Trinajstić information content (AvgIpc) is 1.88. The monoisotopic (exact) mass is 402 g/mol. The molecule has 0 unspecified atom stereocenters. The van der Waals surface area contributed by atoms with Gasteiger partial charge in [0, 0.05) is 0 Å². The van der Waals surface area contributed by atoms with E-state index >= 15 is 0 Å². The van der Waals surface area contributed by atoms with Crippen molar-refractivity contribution in [1.29, 1.82) is 0 Å². The van der Waals surface area contributed by atoms with E-state index in [2.05, 4.69) is 6.07 Å². The summed E-state index contributed by atoms with van der Waals surface area (Å²) in [7, 11) is 0. The molecular formula is C8H7O2Rf-. The number of carbonyl (C=O) groups is 1. The molecular weight excluding hydrogens is 395 g/mol. The second-order valence-corrected chi connectivity index (χ2v) is 2.07. The molecule has 3 heteroatoms. The molecule has 2 nitrogen and oxygen atoms in total. The van der Waals surface area contributed by atoms with Gasteiger partial charge < -0.3 is 5.11 Å². The second-order valence-electron chi connectivity index (χ2n) is 2.07. The van der Waals surface area contributed by atoms with Crippen molar-refractivity contribution in [2.24, 2.45) is 0 Å². The maximum absolute atomic E-state index is 10.3. The predicted molar refractivity (Wildman–Crippen MR) is 37.0 cm³/mol. The van der Waals surface area contributed by atoms with Gasteiger partial charge in [-0.1, -0.05) is 6.92 Å². The Morgan fingerprint density at radius 2 is 2.27 bits per heavy atom. The Hall–Kier alpha value is -2.31. The van der Waals surface area contributed by atoms with E-state index in [9.17, 15) is 4.79 Å². The van der Waals surface area contributed by atoms with Gasteiger partial charge in [-0.25, -0.2) is 4.79 Å². The fourth-order valence-electron chi connectivity index (χ4n) is 0.719. The molecule has 0 saturated carbocycles. The molecule has 0 aliphatic carbocycles. The summed E-state index contributed by atoms with van der Waals surface area (Å²) < 4.78 is 0. The first-order valence-electron chi connectivity index (χ1n) is 2.92. The molecule has 0 heterocycles. The molecule has 0 bridgehead atoms. The van der Waals surface area contributed by atoms with Gasteiger partial charge in [0.15, 0.2) is 0 Å². The van der Waals surface area contributed by atoms with E-state index in [4.69, 9.17) is 5.11 Å². The standard InChI is InChI=1S/C8H7O2.Rf/c1-6-3-2-4-7(5-6)8(9)10;/h2,4-5H,1H3,(H,9,10);/q-1;. The van der Waals surface area contributed by atoms with E-state index in [0.717, 1.165) is 5.56 Å². The second kappa shape index (κ2) is 3.01. The summed E-state index contributed by atoms with van der Waals surface area (Å²) in [5.74, 6) is -0.892. The quantitative estimate of drug-likeness (QED) is 0.724. The number of carboxylic acid groups (broad SMARTS) is 1. The Morgan fingerprint density at radius 3 is 2.64 bits per heavy atom. The van der Waals surface area contributed by atoms with Crippen LogP contribution >= 0.6 is 0 Å².